The molecule has 2 aromatic rings. The number of benzene rings is 1. The molecule has 21 heavy (non-hydrogen) atoms. The Morgan fingerprint density at radius 1 is 1.19 bits per heavy atom. The van der Waals surface area contributed by atoms with Crippen LogP contribution < -0.4 is 5.32 Å². The number of nitrogens with zero attached hydrogens (tertiary/aromatic N) is 1. The van der Waals surface area contributed by atoms with E-state index >= 15 is 0 Å². The molecule has 3 atom stereocenters. The quantitative estimate of drug-likeness (QED) is 0.843. The molecule has 2 aliphatic rings. The van der Waals surface area contributed by atoms with Crippen LogP contribution in [0.1, 0.15) is 30.7 Å². The van der Waals surface area contributed by atoms with Gasteiger partial charge in [0.1, 0.15) is 0 Å². The predicted molar refractivity (Wildman–Crippen MR) is 81.9 cm³/mol. The summed E-state index contributed by atoms with van der Waals surface area (Å²) in [5.41, 5.74) is 2.52. The van der Waals surface area contributed by atoms with Gasteiger partial charge in [-0.1, -0.05) is 23.7 Å². The fraction of sp³-hybridized carbons (Fsp3) is 0.353. The third kappa shape index (κ3) is 2.34. The highest BCUT2D eigenvalue weighted by Crippen LogP contribution is 2.40. The SMILES string of the molecule is Fc1ncc([C@H]2C[C@@H]3CC[C@H]2N3)cc1-c1ccc(Cl)cc1. The first-order chi connectivity index (χ1) is 10.2. The van der Waals surface area contributed by atoms with Gasteiger partial charge in [0.15, 0.2) is 0 Å². The van der Waals surface area contributed by atoms with E-state index in [1.165, 1.54) is 12.8 Å². The van der Waals surface area contributed by atoms with Gasteiger partial charge in [0, 0.05) is 34.8 Å². The van der Waals surface area contributed by atoms with Crippen molar-refractivity contribution in [3.8, 4) is 11.1 Å². The Morgan fingerprint density at radius 3 is 2.67 bits per heavy atom. The summed E-state index contributed by atoms with van der Waals surface area (Å²) in [6.07, 6.45) is 5.31. The van der Waals surface area contributed by atoms with E-state index in [2.05, 4.69) is 10.3 Å². The maximum Gasteiger partial charge on any atom is 0.220 e. The van der Waals surface area contributed by atoms with Gasteiger partial charge >= 0.3 is 0 Å². The number of hydrogen-bond acceptors (Lipinski definition) is 2. The van der Waals surface area contributed by atoms with E-state index in [0.717, 1.165) is 17.5 Å². The number of aromatic nitrogens is 1. The molecule has 0 amide bonds. The van der Waals surface area contributed by atoms with Gasteiger partial charge in [0.2, 0.25) is 5.95 Å². The molecule has 2 saturated heterocycles. The van der Waals surface area contributed by atoms with Gasteiger partial charge in [-0.25, -0.2) is 4.98 Å². The summed E-state index contributed by atoms with van der Waals surface area (Å²) in [6.45, 7) is 0. The van der Waals surface area contributed by atoms with Crippen LogP contribution in [0.15, 0.2) is 36.5 Å². The average Bonchev–Trinajstić information content (AvgIpc) is 3.12. The third-order valence-corrected chi connectivity index (χ3v) is 5.00. The molecule has 1 aromatic heterocycles. The molecular formula is C17H16ClFN2. The van der Waals surface area contributed by atoms with E-state index in [9.17, 15) is 4.39 Å². The molecule has 3 heterocycles. The lowest BCUT2D eigenvalue weighted by Gasteiger charge is -2.20. The second-order valence-electron chi connectivity index (χ2n) is 6.00. The lowest BCUT2D eigenvalue weighted by Crippen LogP contribution is -2.21. The number of nitrogens with one attached hydrogen (secondary N) is 1. The summed E-state index contributed by atoms with van der Waals surface area (Å²) in [5.74, 6) is 0.0417. The Kier molecular flexibility index (Phi) is 3.20. The van der Waals surface area contributed by atoms with Crippen molar-refractivity contribution in [3.63, 3.8) is 0 Å². The van der Waals surface area contributed by atoms with Crippen LogP contribution in [0.5, 0.6) is 0 Å². The summed E-state index contributed by atoms with van der Waals surface area (Å²) in [6, 6.07) is 10.4. The van der Waals surface area contributed by atoms with Crippen molar-refractivity contribution >= 4 is 11.6 Å². The van der Waals surface area contributed by atoms with Crippen LogP contribution in [0.4, 0.5) is 4.39 Å². The van der Waals surface area contributed by atoms with Crippen molar-refractivity contribution < 1.29 is 4.39 Å². The molecule has 2 fully saturated rings. The lowest BCUT2D eigenvalue weighted by molar-refractivity contribution is 0.502. The predicted octanol–water partition coefficient (Wildman–Crippen LogP) is 4.15. The van der Waals surface area contributed by atoms with Gasteiger partial charge in [-0.2, -0.15) is 4.39 Å². The molecule has 0 spiro atoms. The molecule has 4 rings (SSSR count). The number of hydrogen-bond donors (Lipinski definition) is 1. The summed E-state index contributed by atoms with van der Waals surface area (Å²) in [7, 11) is 0. The molecular weight excluding hydrogens is 287 g/mol. The number of fused-ring (bicyclic) bond motifs is 2. The van der Waals surface area contributed by atoms with Gasteiger partial charge < -0.3 is 5.32 Å². The topological polar surface area (TPSA) is 24.9 Å². The highest BCUT2D eigenvalue weighted by Gasteiger charge is 2.39. The average molecular weight is 303 g/mol. The van der Waals surface area contributed by atoms with Crippen molar-refractivity contribution in [2.24, 2.45) is 0 Å². The molecule has 108 valence electrons. The first kappa shape index (κ1) is 13.2. The van der Waals surface area contributed by atoms with Crippen molar-refractivity contribution in [1.29, 1.82) is 0 Å². The zero-order valence-corrected chi connectivity index (χ0v) is 12.3. The summed E-state index contributed by atoms with van der Waals surface area (Å²) < 4.78 is 14.1. The van der Waals surface area contributed by atoms with E-state index in [4.69, 9.17) is 11.6 Å². The Labute approximate surface area is 128 Å². The van der Waals surface area contributed by atoms with Crippen LogP contribution in [-0.4, -0.2) is 17.1 Å². The first-order valence-electron chi connectivity index (χ1n) is 7.38. The van der Waals surface area contributed by atoms with E-state index in [1.54, 1.807) is 18.3 Å². The Hall–Kier alpha value is -1.45. The molecule has 2 bridgehead atoms. The Bertz CT molecular complexity index is 671. The van der Waals surface area contributed by atoms with Gasteiger partial charge in [0.05, 0.1) is 0 Å². The van der Waals surface area contributed by atoms with Crippen molar-refractivity contribution in [2.75, 3.05) is 0 Å². The third-order valence-electron chi connectivity index (χ3n) is 4.74. The number of pyridine rings is 1. The molecule has 2 aliphatic heterocycles. The Balaban J connectivity index is 1.71. The number of halogens is 2. The second-order valence-corrected chi connectivity index (χ2v) is 6.44. The molecule has 0 unspecified atom stereocenters. The van der Waals surface area contributed by atoms with Gasteiger partial charge in [-0.05, 0) is 48.6 Å². The fourth-order valence-corrected chi connectivity index (χ4v) is 3.82. The zero-order valence-electron chi connectivity index (χ0n) is 11.5. The summed E-state index contributed by atoms with van der Waals surface area (Å²) in [5, 5.41) is 4.27. The lowest BCUT2D eigenvalue weighted by atomic mass is 9.84. The van der Waals surface area contributed by atoms with Crippen molar-refractivity contribution in [1.82, 2.24) is 10.3 Å². The Morgan fingerprint density at radius 2 is 2.00 bits per heavy atom. The van der Waals surface area contributed by atoms with Crippen LogP contribution in [-0.2, 0) is 0 Å². The normalized spacial score (nSPS) is 27.2. The minimum absolute atomic E-state index is 0.419. The van der Waals surface area contributed by atoms with Crippen LogP contribution in [0.3, 0.4) is 0 Å². The van der Waals surface area contributed by atoms with Crippen LogP contribution >= 0.6 is 11.6 Å². The standard InChI is InChI=1S/C17H16ClFN2/c18-12-3-1-10(2-4-12)15-7-11(9-20-17(15)19)14-8-13-5-6-16(14)21-13/h1-4,7,9,13-14,16,21H,5-6,8H2/t13-,14+,16+/m0/s1. The van der Waals surface area contributed by atoms with Crippen molar-refractivity contribution in [3.05, 3.63) is 53.1 Å². The molecule has 4 heteroatoms. The minimum Gasteiger partial charge on any atom is -0.311 e. The van der Waals surface area contributed by atoms with Gasteiger partial charge in [-0.3, -0.25) is 0 Å². The first-order valence-corrected chi connectivity index (χ1v) is 7.76. The van der Waals surface area contributed by atoms with Crippen LogP contribution in [0.2, 0.25) is 5.02 Å². The highest BCUT2D eigenvalue weighted by atomic mass is 35.5. The summed E-state index contributed by atoms with van der Waals surface area (Å²) in [4.78, 5) is 3.98. The molecule has 0 radical (unpaired) electrons. The monoisotopic (exact) mass is 302 g/mol. The van der Waals surface area contributed by atoms with E-state index in [1.807, 2.05) is 18.2 Å². The minimum atomic E-state index is -0.419. The maximum atomic E-state index is 14.1. The van der Waals surface area contributed by atoms with E-state index in [-0.39, 0.29) is 0 Å². The van der Waals surface area contributed by atoms with E-state index < -0.39 is 5.95 Å². The molecule has 1 aromatic carbocycles. The van der Waals surface area contributed by atoms with Crippen LogP contribution in [0, 0.1) is 5.95 Å². The maximum absolute atomic E-state index is 14.1. The molecule has 2 nitrogen and oxygen atoms in total. The number of rotatable bonds is 2. The molecule has 0 saturated carbocycles. The van der Waals surface area contributed by atoms with Gasteiger partial charge in [-0.15, -0.1) is 0 Å². The second kappa shape index (κ2) is 5.08. The largest absolute Gasteiger partial charge is 0.311 e. The fourth-order valence-electron chi connectivity index (χ4n) is 3.69. The van der Waals surface area contributed by atoms with E-state index in [0.29, 0.717) is 28.6 Å². The van der Waals surface area contributed by atoms with Crippen LogP contribution in [0.25, 0.3) is 11.1 Å². The van der Waals surface area contributed by atoms with Gasteiger partial charge in [0.25, 0.3) is 0 Å². The smallest absolute Gasteiger partial charge is 0.220 e. The van der Waals surface area contributed by atoms with Crippen molar-refractivity contribution in [2.45, 2.75) is 37.3 Å². The highest BCUT2D eigenvalue weighted by molar-refractivity contribution is 6.30. The summed E-state index contributed by atoms with van der Waals surface area (Å²) >= 11 is 5.90. The zero-order chi connectivity index (χ0) is 14.4. The molecule has 1 N–H and O–H groups in total. The molecule has 0 aliphatic carbocycles.